The van der Waals surface area contributed by atoms with Crippen molar-refractivity contribution in [2.75, 3.05) is 7.05 Å². The van der Waals surface area contributed by atoms with Gasteiger partial charge in [0.25, 0.3) is 5.91 Å². The summed E-state index contributed by atoms with van der Waals surface area (Å²) in [5, 5.41) is 0.826. The third kappa shape index (κ3) is 4.12. The molecule has 1 aromatic heterocycles. The SMILES string of the molecule is CN(Cc1nc2ccccc2s1)C(=O)c1cc(S(=O)(=O)NC2CC2)ccc1Br. The molecule has 0 bridgehead atoms. The molecular weight excluding hydrogens is 462 g/mol. The minimum Gasteiger partial charge on any atom is -0.335 e. The topological polar surface area (TPSA) is 79.4 Å². The summed E-state index contributed by atoms with van der Waals surface area (Å²) < 4.78 is 29.2. The zero-order valence-corrected chi connectivity index (χ0v) is 18.3. The second kappa shape index (κ2) is 7.55. The lowest BCUT2D eigenvalue weighted by molar-refractivity contribution is 0.0784. The summed E-state index contributed by atoms with van der Waals surface area (Å²) in [5.74, 6) is -0.269. The van der Waals surface area contributed by atoms with Gasteiger partial charge in [0, 0.05) is 17.6 Å². The van der Waals surface area contributed by atoms with Crippen LogP contribution in [0.15, 0.2) is 51.8 Å². The van der Waals surface area contributed by atoms with Crippen LogP contribution in [-0.4, -0.2) is 37.3 Å². The lowest BCUT2D eigenvalue weighted by atomic mass is 10.2. The predicted molar refractivity (Wildman–Crippen MR) is 113 cm³/mol. The summed E-state index contributed by atoms with van der Waals surface area (Å²) in [6.45, 7) is 0.349. The van der Waals surface area contributed by atoms with Gasteiger partial charge in [-0.1, -0.05) is 12.1 Å². The summed E-state index contributed by atoms with van der Waals surface area (Å²) in [6, 6.07) is 12.3. The lowest BCUT2D eigenvalue weighted by Gasteiger charge is -2.17. The molecule has 1 N–H and O–H groups in total. The number of aromatic nitrogens is 1. The van der Waals surface area contributed by atoms with Gasteiger partial charge in [-0.05, 0) is 59.1 Å². The van der Waals surface area contributed by atoms with Crippen LogP contribution in [-0.2, 0) is 16.6 Å². The first-order valence-electron chi connectivity index (χ1n) is 8.75. The van der Waals surface area contributed by atoms with Crippen LogP contribution >= 0.6 is 27.3 Å². The molecule has 1 aliphatic carbocycles. The number of hydrogen-bond acceptors (Lipinski definition) is 5. The van der Waals surface area contributed by atoms with E-state index in [1.165, 1.54) is 12.1 Å². The summed E-state index contributed by atoms with van der Waals surface area (Å²) in [7, 11) is -1.94. The number of sulfonamides is 1. The fourth-order valence-corrected chi connectivity index (χ4v) is 5.56. The molecule has 1 fully saturated rings. The van der Waals surface area contributed by atoms with Crippen LogP contribution in [0.25, 0.3) is 10.2 Å². The standard InChI is InChI=1S/C19H18BrN3O3S2/c1-23(11-18-21-16-4-2-3-5-17(16)27-18)19(24)14-10-13(8-9-15(14)20)28(25,26)22-12-6-7-12/h2-5,8-10,12,22H,6-7,11H2,1H3. The molecule has 0 atom stereocenters. The Morgan fingerprint density at radius 2 is 2.04 bits per heavy atom. The zero-order valence-electron chi connectivity index (χ0n) is 15.1. The van der Waals surface area contributed by atoms with Gasteiger partial charge in [0.15, 0.2) is 0 Å². The normalized spacial score (nSPS) is 14.4. The van der Waals surface area contributed by atoms with Crippen molar-refractivity contribution < 1.29 is 13.2 Å². The molecule has 0 unspecified atom stereocenters. The number of nitrogens with one attached hydrogen (secondary N) is 1. The van der Waals surface area contributed by atoms with Gasteiger partial charge in [-0.25, -0.2) is 18.1 Å². The smallest absolute Gasteiger partial charge is 0.255 e. The van der Waals surface area contributed by atoms with Crippen molar-refractivity contribution in [2.24, 2.45) is 0 Å². The molecule has 1 heterocycles. The highest BCUT2D eigenvalue weighted by atomic mass is 79.9. The molecule has 0 aliphatic heterocycles. The molecule has 146 valence electrons. The number of fused-ring (bicyclic) bond motifs is 1. The highest BCUT2D eigenvalue weighted by Crippen LogP contribution is 2.27. The number of rotatable bonds is 6. The number of thiazole rings is 1. The molecule has 2 aromatic carbocycles. The van der Waals surface area contributed by atoms with E-state index in [9.17, 15) is 13.2 Å². The molecule has 4 rings (SSSR count). The van der Waals surface area contributed by atoms with Gasteiger partial charge in [0.1, 0.15) is 5.01 Å². The number of carbonyl (C=O) groups excluding carboxylic acids is 1. The largest absolute Gasteiger partial charge is 0.335 e. The Morgan fingerprint density at radius 1 is 1.29 bits per heavy atom. The number of para-hydroxylation sites is 1. The van der Waals surface area contributed by atoms with Crippen molar-refractivity contribution in [3.05, 3.63) is 57.5 Å². The van der Waals surface area contributed by atoms with E-state index in [1.807, 2.05) is 24.3 Å². The van der Waals surface area contributed by atoms with E-state index in [0.717, 1.165) is 28.1 Å². The van der Waals surface area contributed by atoms with E-state index >= 15 is 0 Å². The van der Waals surface area contributed by atoms with Crippen molar-refractivity contribution in [1.29, 1.82) is 0 Å². The van der Waals surface area contributed by atoms with Crippen molar-refractivity contribution in [2.45, 2.75) is 30.3 Å². The van der Waals surface area contributed by atoms with E-state index in [-0.39, 0.29) is 16.8 Å². The van der Waals surface area contributed by atoms with Crippen LogP contribution in [0.1, 0.15) is 28.2 Å². The van der Waals surface area contributed by atoms with Crippen molar-refractivity contribution in [3.63, 3.8) is 0 Å². The van der Waals surface area contributed by atoms with E-state index in [2.05, 4.69) is 25.6 Å². The quantitative estimate of drug-likeness (QED) is 0.583. The molecule has 1 saturated carbocycles. The molecule has 0 spiro atoms. The third-order valence-electron chi connectivity index (χ3n) is 4.44. The Kier molecular flexibility index (Phi) is 5.26. The number of hydrogen-bond donors (Lipinski definition) is 1. The molecular formula is C19H18BrN3O3S2. The van der Waals surface area contributed by atoms with Gasteiger partial charge in [0.05, 0.1) is 27.2 Å². The van der Waals surface area contributed by atoms with E-state index in [1.54, 1.807) is 29.4 Å². The molecule has 0 radical (unpaired) electrons. The molecule has 28 heavy (non-hydrogen) atoms. The van der Waals surface area contributed by atoms with Crippen LogP contribution in [0.4, 0.5) is 0 Å². The zero-order chi connectivity index (χ0) is 19.9. The highest BCUT2D eigenvalue weighted by Gasteiger charge is 2.29. The fourth-order valence-electron chi connectivity index (χ4n) is 2.79. The first-order valence-corrected chi connectivity index (χ1v) is 11.8. The van der Waals surface area contributed by atoms with Gasteiger partial charge in [-0.15, -0.1) is 11.3 Å². The Morgan fingerprint density at radius 3 is 2.75 bits per heavy atom. The molecule has 1 amide bonds. The molecule has 9 heteroatoms. The molecule has 3 aromatic rings. The summed E-state index contributed by atoms with van der Waals surface area (Å²) >= 11 is 4.91. The minimum absolute atomic E-state index is 0.00880. The monoisotopic (exact) mass is 479 g/mol. The van der Waals surface area contributed by atoms with Crippen LogP contribution in [0.5, 0.6) is 0 Å². The summed E-state index contributed by atoms with van der Waals surface area (Å²) in [6.07, 6.45) is 1.71. The number of carbonyl (C=O) groups is 1. The number of benzene rings is 2. The first-order chi connectivity index (χ1) is 13.3. The van der Waals surface area contributed by atoms with Crippen LogP contribution in [0.2, 0.25) is 0 Å². The predicted octanol–water partition coefficient (Wildman–Crippen LogP) is 3.77. The first kappa shape index (κ1) is 19.5. The van der Waals surface area contributed by atoms with Gasteiger partial charge < -0.3 is 4.90 Å². The Hall–Kier alpha value is -1.81. The molecule has 1 aliphatic rings. The van der Waals surface area contributed by atoms with Crippen LogP contribution < -0.4 is 4.72 Å². The van der Waals surface area contributed by atoms with Crippen LogP contribution in [0.3, 0.4) is 0 Å². The van der Waals surface area contributed by atoms with Gasteiger partial charge in [0.2, 0.25) is 10.0 Å². The van der Waals surface area contributed by atoms with E-state index in [4.69, 9.17) is 0 Å². The number of nitrogens with zero attached hydrogens (tertiary/aromatic N) is 2. The highest BCUT2D eigenvalue weighted by molar-refractivity contribution is 9.10. The van der Waals surface area contributed by atoms with Crippen LogP contribution in [0, 0.1) is 0 Å². The van der Waals surface area contributed by atoms with E-state index in [0.29, 0.717) is 16.6 Å². The average molecular weight is 480 g/mol. The van der Waals surface area contributed by atoms with Crippen molar-refractivity contribution >= 4 is 53.4 Å². The van der Waals surface area contributed by atoms with Crippen molar-refractivity contribution in [1.82, 2.24) is 14.6 Å². The second-order valence-electron chi connectivity index (χ2n) is 6.77. The van der Waals surface area contributed by atoms with Gasteiger partial charge >= 0.3 is 0 Å². The minimum atomic E-state index is -3.62. The summed E-state index contributed by atoms with van der Waals surface area (Å²) in [5.41, 5.74) is 1.21. The third-order valence-corrected chi connectivity index (χ3v) is 7.67. The van der Waals surface area contributed by atoms with Gasteiger partial charge in [-0.2, -0.15) is 0 Å². The maximum absolute atomic E-state index is 13.0. The fraction of sp³-hybridized carbons (Fsp3) is 0.263. The Labute approximate surface area is 175 Å². The number of halogens is 1. The summed E-state index contributed by atoms with van der Waals surface area (Å²) in [4.78, 5) is 19.2. The maximum atomic E-state index is 13.0. The Bertz CT molecular complexity index is 1120. The average Bonchev–Trinajstić information content (AvgIpc) is 3.36. The number of amides is 1. The van der Waals surface area contributed by atoms with E-state index < -0.39 is 10.0 Å². The molecule has 6 nitrogen and oxygen atoms in total. The van der Waals surface area contributed by atoms with Gasteiger partial charge in [-0.3, -0.25) is 4.79 Å². The second-order valence-corrected chi connectivity index (χ2v) is 10.5. The molecule has 0 saturated heterocycles. The Balaban J connectivity index is 1.56. The van der Waals surface area contributed by atoms with Crippen molar-refractivity contribution in [3.8, 4) is 0 Å². The maximum Gasteiger partial charge on any atom is 0.255 e. The lowest BCUT2D eigenvalue weighted by Crippen LogP contribution is -2.28.